The molecule has 0 saturated heterocycles. The smallest absolute Gasteiger partial charge is 0.255 e. The normalized spacial score (nSPS) is 11.8. The van der Waals surface area contributed by atoms with E-state index < -0.39 is 21.0 Å². The lowest BCUT2D eigenvalue weighted by Crippen LogP contribution is -2.26. The predicted molar refractivity (Wildman–Crippen MR) is 137 cm³/mol. The van der Waals surface area contributed by atoms with E-state index in [1.54, 1.807) is 31.2 Å². The van der Waals surface area contributed by atoms with Gasteiger partial charge >= 0.3 is 0 Å². The average molecular weight is 510 g/mol. The monoisotopic (exact) mass is 509 g/mol. The van der Waals surface area contributed by atoms with Gasteiger partial charge in [-0.15, -0.1) is 0 Å². The Balaban J connectivity index is 1.75. The summed E-state index contributed by atoms with van der Waals surface area (Å²) in [6.45, 7) is 7.51. The van der Waals surface area contributed by atoms with Crippen LogP contribution in [0.1, 0.15) is 34.8 Å². The highest BCUT2D eigenvalue weighted by molar-refractivity contribution is 7.92. The highest BCUT2D eigenvalue weighted by atomic mass is 35.5. The van der Waals surface area contributed by atoms with Crippen LogP contribution in [0.15, 0.2) is 77.8 Å². The number of carbonyl (C=O) groups excluding carboxylic acids is 1. The summed E-state index contributed by atoms with van der Waals surface area (Å²) in [7, 11) is -3.68. The summed E-state index contributed by atoms with van der Waals surface area (Å²) in [4.78, 5) is 12.7. The Morgan fingerprint density at radius 3 is 2.49 bits per heavy atom. The summed E-state index contributed by atoms with van der Waals surface area (Å²) < 4.78 is 26.3. The van der Waals surface area contributed by atoms with Crippen LogP contribution in [0.4, 0.5) is 11.4 Å². The van der Waals surface area contributed by atoms with Crippen molar-refractivity contribution in [1.82, 2.24) is 0 Å². The molecule has 0 fully saturated rings. The first-order valence-corrected chi connectivity index (χ1v) is 12.6. The second kappa shape index (κ2) is 10.6. The zero-order chi connectivity index (χ0) is 25.8. The average Bonchev–Trinajstić information content (AvgIpc) is 2.81. The van der Waals surface area contributed by atoms with Gasteiger partial charge in [-0.2, -0.15) is 5.26 Å². The number of hydrogen-bond donors (Lipinski definition) is 3. The minimum Gasteiger partial charge on any atom is -0.506 e. The maximum atomic E-state index is 13.2. The number of nitriles is 1. The third-order valence-electron chi connectivity index (χ3n) is 5.35. The van der Waals surface area contributed by atoms with E-state index in [9.17, 15) is 18.3 Å². The van der Waals surface area contributed by atoms with E-state index >= 15 is 0 Å². The van der Waals surface area contributed by atoms with Crippen LogP contribution in [0.25, 0.3) is 0 Å². The molecule has 1 unspecified atom stereocenters. The molecule has 3 aromatic rings. The van der Waals surface area contributed by atoms with Crippen molar-refractivity contribution in [1.29, 1.82) is 5.26 Å². The molecule has 35 heavy (non-hydrogen) atoms. The largest absolute Gasteiger partial charge is 0.506 e. The van der Waals surface area contributed by atoms with E-state index in [-0.39, 0.29) is 38.2 Å². The van der Waals surface area contributed by atoms with E-state index in [4.69, 9.17) is 16.9 Å². The lowest BCUT2D eigenvalue weighted by atomic mass is 10.1. The van der Waals surface area contributed by atoms with Crippen LogP contribution in [-0.2, 0) is 9.84 Å². The molecule has 0 aliphatic carbocycles. The van der Waals surface area contributed by atoms with Crippen molar-refractivity contribution >= 4 is 38.7 Å². The Morgan fingerprint density at radius 1 is 1.14 bits per heavy atom. The van der Waals surface area contributed by atoms with Crippen molar-refractivity contribution in [3.8, 4) is 11.8 Å². The number of hydrogen-bond acceptors (Lipinski definition) is 6. The Labute approximate surface area is 209 Å². The molecule has 0 radical (unpaired) electrons. The van der Waals surface area contributed by atoms with Crippen LogP contribution in [0, 0.1) is 18.3 Å². The summed E-state index contributed by atoms with van der Waals surface area (Å²) in [5.74, 6) is -0.752. The Bertz CT molecular complexity index is 1450. The lowest BCUT2D eigenvalue weighted by molar-refractivity contribution is 0.102. The number of nitrogens with zero attached hydrogens (tertiary/aromatic N) is 1. The molecule has 1 amide bonds. The second-order valence-corrected chi connectivity index (χ2v) is 10.4. The van der Waals surface area contributed by atoms with Gasteiger partial charge < -0.3 is 15.7 Å². The highest BCUT2D eigenvalue weighted by Gasteiger charge is 2.29. The maximum Gasteiger partial charge on any atom is 0.255 e. The van der Waals surface area contributed by atoms with E-state index in [0.29, 0.717) is 12.1 Å². The maximum absolute atomic E-state index is 13.2. The van der Waals surface area contributed by atoms with E-state index in [2.05, 4.69) is 17.2 Å². The van der Waals surface area contributed by atoms with Crippen molar-refractivity contribution in [2.75, 3.05) is 10.6 Å². The van der Waals surface area contributed by atoms with E-state index in [1.807, 2.05) is 19.1 Å². The van der Waals surface area contributed by atoms with Gasteiger partial charge in [0.1, 0.15) is 17.1 Å². The number of nitrogens with one attached hydrogen (secondary N) is 2. The summed E-state index contributed by atoms with van der Waals surface area (Å²) in [6, 6.07) is 17.3. The van der Waals surface area contributed by atoms with Crippen LogP contribution in [0.5, 0.6) is 5.75 Å². The molecular weight excluding hydrogens is 486 g/mol. The first-order chi connectivity index (χ1) is 16.6. The molecule has 0 aliphatic rings. The zero-order valence-electron chi connectivity index (χ0n) is 19.2. The van der Waals surface area contributed by atoms with Crippen molar-refractivity contribution < 1.29 is 18.3 Å². The van der Waals surface area contributed by atoms with Crippen LogP contribution >= 0.6 is 11.6 Å². The highest BCUT2D eigenvalue weighted by Crippen LogP contribution is 2.30. The van der Waals surface area contributed by atoms with Gasteiger partial charge in [-0.3, -0.25) is 4.79 Å². The van der Waals surface area contributed by atoms with Gasteiger partial charge in [-0.25, -0.2) is 8.42 Å². The number of halogens is 1. The first kappa shape index (κ1) is 25.8. The quantitative estimate of drug-likeness (QED) is 0.337. The predicted octanol–water partition coefficient (Wildman–Crippen LogP) is 5.66. The summed E-state index contributed by atoms with van der Waals surface area (Å²) in [5, 5.41) is 24.2. The van der Waals surface area contributed by atoms with Gasteiger partial charge in [-0.1, -0.05) is 37.2 Å². The minimum atomic E-state index is -3.68. The van der Waals surface area contributed by atoms with Crippen molar-refractivity contribution in [3.63, 3.8) is 0 Å². The number of benzene rings is 3. The molecule has 0 saturated carbocycles. The van der Waals surface area contributed by atoms with Crippen molar-refractivity contribution in [2.45, 2.75) is 30.4 Å². The molecule has 1 atom stereocenters. The number of rotatable bonds is 8. The number of carbonyl (C=O) groups is 1. The van der Waals surface area contributed by atoms with Crippen LogP contribution in [-0.4, -0.2) is 24.7 Å². The van der Waals surface area contributed by atoms with Gasteiger partial charge in [0.15, 0.2) is 9.84 Å². The van der Waals surface area contributed by atoms with Gasteiger partial charge in [0.2, 0.25) is 0 Å². The number of anilines is 2. The molecule has 0 spiro atoms. The fourth-order valence-corrected chi connectivity index (χ4v) is 5.57. The van der Waals surface area contributed by atoms with Gasteiger partial charge in [0.25, 0.3) is 5.91 Å². The van der Waals surface area contributed by atoms with Gasteiger partial charge in [0, 0.05) is 23.0 Å². The number of aromatic hydroxyl groups is 1. The van der Waals surface area contributed by atoms with Crippen LogP contribution in [0.2, 0.25) is 5.02 Å². The van der Waals surface area contributed by atoms with Crippen molar-refractivity contribution in [2.24, 2.45) is 0 Å². The zero-order valence-corrected chi connectivity index (χ0v) is 20.7. The number of amides is 1. The van der Waals surface area contributed by atoms with Crippen LogP contribution in [0.3, 0.4) is 0 Å². The molecule has 7 nitrogen and oxygen atoms in total. The fraction of sp³-hybridized carbons (Fsp3) is 0.154. The van der Waals surface area contributed by atoms with E-state index in [1.165, 1.54) is 30.3 Å². The van der Waals surface area contributed by atoms with Gasteiger partial charge in [-0.05, 0) is 61.4 Å². The third-order valence-corrected chi connectivity index (χ3v) is 7.95. The number of aryl methyl sites for hydroxylation is 1. The fourth-order valence-electron chi connectivity index (χ4n) is 3.53. The molecule has 180 valence electrons. The first-order valence-electron chi connectivity index (χ1n) is 10.7. The topological polar surface area (TPSA) is 119 Å². The molecule has 0 bridgehead atoms. The second-order valence-electron chi connectivity index (χ2n) is 7.90. The molecular formula is C26H24ClN3O4S. The standard InChI is InChI=1S/C26H24ClN3O4S/c1-4-25(35(33,34)21-7-5-6-16(2)12-21)17(3)29-20-10-11-23(24(31)14-20)30-26(32)18-8-9-19(15-28)22(27)13-18/h5-14,25,29,31H,3-4H2,1-2H3,(H,30,32). The van der Waals surface area contributed by atoms with Gasteiger partial charge in [0.05, 0.1) is 21.2 Å². The Kier molecular flexibility index (Phi) is 7.85. The molecule has 3 N–H and O–H groups in total. The molecule has 0 aromatic heterocycles. The molecule has 0 aliphatic heterocycles. The lowest BCUT2D eigenvalue weighted by Gasteiger charge is -2.21. The summed E-state index contributed by atoms with van der Waals surface area (Å²) >= 11 is 5.98. The molecule has 3 rings (SSSR count). The van der Waals surface area contributed by atoms with Crippen LogP contribution < -0.4 is 10.6 Å². The Hall–Kier alpha value is -3.80. The van der Waals surface area contributed by atoms with E-state index in [0.717, 1.165) is 5.56 Å². The number of phenols is 1. The van der Waals surface area contributed by atoms with Crippen molar-refractivity contribution in [3.05, 3.63) is 94.7 Å². The summed E-state index contributed by atoms with van der Waals surface area (Å²) in [5.41, 5.74) is 2.12. The third kappa shape index (κ3) is 5.83. The summed E-state index contributed by atoms with van der Waals surface area (Å²) in [6.07, 6.45) is 0.301. The minimum absolute atomic E-state index is 0.145. The molecule has 3 aromatic carbocycles. The number of sulfone groups is 1. The SMILES string of the molecule is C=C(Nc1ccc(NC(=O)c2ccc(C#N)c(Cl)c2)c(O)c1)C(CC)S(=O)(=O)c1cccc(C)c1. The number of phenolic OH excluding ortho intramolecular Hbond substituents is 1. The molecule has 0 heterocycles. The Morgan fingerprint density at radius 2 is 1.89 bits per heavy atom. The molecule has 9 heteroatoms.